The van der Waals surface area contributed by atoms with Gasteiger partial charge in [-0.2, -0.15) is 0 Å². The molecule has 1 unspecified atom stereocenters. The van der Waals surface area contributed by atoms with Crippen LogP contribution in [0.25, 0.3) is 0 Å². The van der Waals surface area contributed by atoms with Crippen LogP contribution in [0, 0.1) is 18.8 Å². The summed E-state index contributed by atoms with van der Waals surface area (Å²) in [5, 5.41) is 0. The summed E-state index contributed by atoms with van der Waals surface area (Å²) in [5.41, 5.74) is 1.75. The molecule has 120 valence electrons. The monoisotopic (exact) mass is 301 g/mol. The molecular formula is C19H27NO2. The van der Waals surface area contributed by atoms with Gasteiger partial charge in [-0.15, -0.1) is 0 Å². The summed E-state index contributed by atoms with van der Waals surface area (Å²) in [7, 11) is 1.75. The molecule has 0 aromatic heterocycles. The third-order valence-corrected chi connectivity index (χ3v) is 4.84. The van der Waals surface area contributed by atoms with Gasteiger partial charge in [-0.05, 0) is 31.7 Å². The Morgan fingerprint density at radius 2 is 1.91 bits per heavy atom. The first-order valence-electron chi connectivity index (χ1n) is 8.34. The van der Waals surface area contributed by atoms with E-state index < -0.39 is 0 Å². The van der Waals surface area contributed by atoms with Crippen LogP contribution in [0.5, 0.6) is 0 Å². The molecule has 1 aromatic rings. The number of hydrogen-bond donors (Lipinski definition) is 0. The van der Waals surface area contributed by atoms with Crippen molar-refractivity contribution >= 4 is 11.7 Å². The molecule has 0 N–H and O–H groups in total. The molecule has 0 spiro atoms. The molecule has 1 aliphatic carbocycles. The van der Waals surface area contributed by atoms with E-state index in [4.69, 9.17) is 0 Å². The Morgan fingerprint density at radius 3 is 2.55 bits per heavy atom. The smallest absolute Gasteiger partial charge is 0.225 e. The minimum atomic E-state index is 0.00962. The van der Waals surface area contributed by atoms with Gasteiger partial charge in [0, 0.05) is 18.5 Å². The standard InChI is InChI=1S/C19H27NO2/c1-14-8-7-11-17(12-14)18(21)13-20(3)19(22)15(2)16-9-5-4-6-10-16/h7-8,11-12,15-16H,4-6,9-10,13H2,1-3H3. The normalized spacial score (nSPS) is 17.0. The number of likely N-dealkylation sites (N-methyl/N-ethyl adjacent to an activating group) is 1. The molecule has 1 fully saturated rings. The minimum Gasteiger partial charge on any atom is -0.338 e. The average molecular weight is 301 g/mol. The summed E-state index contributed by atoms with van der Waals surface area (Å²) in [6.07, 6.45) is 6.04. The second-order valence-corrected chi connectivity index (χ2v) is 6.67. The molecule has 0 radical (unpaired) electrons. The number of hydrogen-bond acceptors (Lipinski definition) is 2. The molecule has 0 heterocycles. The van der Waals surface area contributed by atoms with Gasteiger partial charge in [-0.25, -0.2) is 0 Å². The molecule has 2 rings (SSSR count). The number of nitrogens with zero attached hydrogens (tertiary/aromatic N) is 1. The van der Waals surface area contributed by atoms with Gasteiger partial charge in [0.25, 0.3) is 0 Å². The highest BCUT2D eigenvalue weighted by atomic mass is 16.2. The maximum absolute atomic E-state index is 12.5. The van der Waals surface area contributed by atoms with Gasteiger partial charge in [-0.1, -0.05) is 49.9 Å². The molecule has 1 atom stereocenters. The Morgan fingerprint density at radius 1 is 1.23 bits per heavy atom. The highest BCUT2D eigenvalue weighted by molar-refractivity contribution is 5.99. The lowest BCUT2D eigenvalue weighted by molar-refractivity contribution is -0.135. The summed E-state index contributed by atoms with van der Waals surface area (Å²) < 4.78 is 0. The van der Waals surface area contributed by atoms with E-state index in [1.165, 1.54) is 19.3 Å². The van der Waals surface area contributed by atoms with Crippen LogP contribution >= 0.6 is 0 Å². The molecule has 3 nitrogen and oxygen atoms in total. The van der Waals surface area contributed by atoms with Crippen molar-refractivity contribution in [2.45, 2.75) is 46.0 Å². The van der Waals surface area contributed by atoms with E-state index in [2.05, 4.69) is 0 Å². The van der Waals surface area contributed by atoms with E-state index >= 15 is 0 Å². The Hall–Kier alpha value is -1.64. The van der Waals surface area contributed by atoms with E-state index in [-0.39, 0.29) is 24.2 Å². The first-order valence-corrected chi connectivity index (χ1v) is 8.34. The summed E-state index contributed by atoms with van der Waals surface area (Å²) in [6, 6.07) is 7.55. The maximum atomic E-state index is 12.5. The van der Waals surface area contributed by atoms with Crippen molar-refractivity contribution < 1.29 is 9.59 Å². The molecule has 0 aliphatic heterocycles. The van der Waals surface area contributed by atoms with Crippen molar-refractivity contribution in [3.05, 3.63) is 35.4 Å². The predicted molar refractivity (Wildman–Crippen MR) is 88.9 cm³/mol. The summed E-state index contributed by atoms with van der Waals surface area (Å²) >= 11 is 0. The van der Waals surface area contributed by atoms with Crippen molar-refractivity contribution in [2.75, 3.05) is 13.6 Å². The molecule has 22 heavy (non-hydrogen) atoms. The second-order valence-electron chi connectivity index (χ2n) is 6.67. The lowest BCUT2D eigenvalue weighted by Gasteiger charge is -2.29. The summed E-state index contributed by atoms with van der Waals surface area (Å²) in [5.74, 6) is 0.622. The number of aryl methyl sites for hydroxylation is 1. The maximum Gasteiger partial charge on any atom is 0.225 e. The zero-order chi connectivity index (χ0) is 16.1. The van der Waals surface area contributed by atoms with Crippen LogP contribution in [-0.2, 0) is 4.79 Å². The minimum absolute atomic E-state index is 0.00962. The highest BCUT2D eigenvalue weighted by Gasteiger charge is 2.28. The Kier molecular flexibility index (Phi) is 5.76. The molecular weight excluding hydrogens is 274 g/mol. The second kappa shape index (κ2) is 7.57. The first kappa shape index (κ1) is 16.7. The first-order chi connectivity index (χ1) is 10.5. The number of benzene rings is 1. The van der Waals surface area contributed by atoms with Gasteiger partial charge in [0.05, 0.1) is 6.54 Å². The van der Waals surface area contributed by atoms with Gasteiger partial charge in [0.1, 0.15) is 0 Å². The Labute approximate surface area is 133 Å². The third-order valence-electron chi connectivity index (χ3n) is 4.84. The molecule has 3 heteroatoms. The van der Waals surface area contributed by atoms with Crippen LogP contribution in [0.1, 0.15) is 54.9 Å². The molecule has 1 aromatic carbocycles. The molecule has 0 bridgehead atoms. The largest absolute Gasteiger partial charge is 0.338 e. The lowest BCUT2D eigenvalue weighted by atomic mass is 9.80. The van der Waals surface area contributed by atoms with Crippen molar-refractivity contribution in [2.24, 2.45) is 11.8 Å². The van der Waals surface area contributed by atoms with Gasteiger partial charge in [-0.3, -0.25) is 9.59 Å². The fourth-order valence-electron chi connectivity index (χ4n) is 3.39. The van der Waals surface area contributed by atoms with Crippen molar-refractivity contribution in [3.63, 3.8) is 0 Å². The third kappa shape index (κ3) is 4.19. The van der Waals surface area contributed by atoms with E-state index in [0.717, 1.165) is 18.4 Å². The van der Waals surface area contributed by atoms with E-state index in [1.807, 2.05) is 38.1 Å². The average Bonchev–Trinajstić information content (AvgIpc) is 2.54. The summed E-state index contributed by atoms with van der Waals surface area (Å²) in [4.78, 5) is 26.5. The molecule has 1 amide bonds. The molecule has 1 aliphatic rings. The fourth-order valence-corrected chi connectivity index (χ4v) is 3.39. The fraction of sp³-hybridized carbons (Fsp3) is 0.579. The van der Waals surface area contributed by atoms with Gasteiger partial charge in [0.15, 0.2) is 5.78 Å². The molecule has 0 saturated heterocycles. The van der Waals surface area contributed by atoms with E-state index in [1.54, 1.807) is 11.9 Å². The number of Topliss-reactive ketones (excluding diaryl/α,β-unsaturated/α-hetero) is 1. The van der Waals surface area contributed by atoms with Crippen LogP contribution in [-0.4, -0.2) is 30.2 Å². The van der Waals surface area contributed by atoms with E-state index in [0.29, 0.717) is 11.5 Å². The predicted octanol–water partition coefficient (Wildman–Crippen LogP) is 3.85. The summed E-state index contributed by atoms with van der Waals surface area (Å²) in [6.45, 7) is 4.15. The van der Waals surface area contributed by atoms with Crippen molar-refractivity contribution in [1.82, 2.24) is 4.90 Å². The topological polar surface area (TPSA) is 37.4 Å². The SMILES string of the molecule is Cc1cccc(C(=O)CN(C)C(=O)C(C)C2CCCCC2)c1. The number of ketones is 1. The number of carbonyl (C=O) groups is 2. The van der Waals surface area contributed by atoms with Crippen molar-refractivity contribution in [1.29, 1.82) is 0 Å². The lowest BCUT2D eigenvalue weighted by Crippen LogP contribution is -2.38. The van der Waals surface area contributed by atoms with Crippen LogP contribution in [0.2, 0.25) is 0 Å². The zero-order valence-corrected chi connectivity index (χ0v) is 14.0. The Bertz CT molecular complexity index is 532. The van der Waals surface area contributed by atoms with Gasteiger partial charge >= 0.3 is 0 Å². The van der Waals surface area contributed by atoms with Crippen molar-refractivity contribution in [3.8, 4) is 0 Å². The van der Waals surface area contributed by atoms with Crippen LogP contribution in [0.15, 0.2) is 24.3 Å². The zero-order valence-electron chi connectivity index (χ0n) is 14.0. The molecule has 1 saturated carbocycles. The highest BCUT2D eigenvalue weighted by Crippen LogP contribution is 2.30. The van der Waals surface area contributed by atoms with Gasteiger partial charge < -0.3 is 4.90 Å². The number of amides is 1. The Balaban J connectivity index is 1.94. The van der Waals surface area contributed by atoms with Crippen LogP contribution in [0.3, 0.4) is 0 Å². The van der Waals surface area contributed by atoms with Crippen LogP contribution < -0.4 is 0 Å². The van der Waals surface area contributed by atoms with E-state index in [9.17, 15) is 9.59 Å². The number of rotatable bonds is 5. The van der Waals surface area contributed by atoms with Gasteiger partial charge in [0.2, 0.25) is 5.91 Å². The number of carbonyl (C=O) groups excluding carboxylic acids is 2. The quantitative estimate of drug-likeness (QED) is 0.775. The van der Waals surface area contributed by atoms with Crippen LogP contribution in [0.4, 0.5) is 0 Å².